The molecule has 0 bridgehead atoms. The van der Waals surface area contributed by atoms with Gasteiger partial charge in [-0.1, -0.05) is 11.2 Å². The summed E-state index contributed by atoms with van der Waals surface area (Å²) in [5.41, 5.74) is 2.01. The lowest BCUT2D eigenvalue weighted by Gasteiger charge is -2.01. The van der Waals surface area contributed by atoms with Crippen LogP contribution in [0.15, 0.2) is 26.5 Å². The molecule has 3 rings (SSSR count). The number of hydrogen-bond acceptors (Lipinski definition) is 7. The maximum Gasteiger partial charge on any atom is 0.240 e. The molecule has 0 aliphatic heterocycles. The van der Waals surface area contributed by atoms with Crippen molar-refractivity contribution in [2.45, 2.75) is 20.4 Å². The summed E-state index contributed by atoms with van der Waals surface area (Å²) in [6.07, 6.45) is 0. The van der Waals surface area contributed by atoms with Gasteiger partial charge in [0.1, 0.15) is 11.8 Å². The van der Waals surface area contributed by atoms with Gasteiger partial charge in [-0.2, -0.15) is 10.2 Å². The lowest BCUT2D eigenvalue weighted by molar-refractivity contribution is 0.392. The molecule has 0 atom stereocenters. The van der Waals surface area contributed by atoms with Crippen molar-refractivity contribution in [2.75, 3.05) is 5.32 Å². The largest absolute Gasteiger partial charge is 0.418 e. The highest BCUT2D eigenvalue weighted by Crippen LogP contribution is 2.29. The average molecular weight is 300 g/mol. The van der Waals surface area contributed by atoms with E-state index in [0.29, 0.717) is 18.3 Å². The predicted molar refractivity (Wildman–Crippen MR) is 77.8 cm³/mol. The minimum absolute atomic E-state index is 0.241. The van der Waals surface area contributed by atoms with E-state index in [2.05, 4.69) is 15.5 Å². The van der Waals surface area contributed by atoms with Crippen molar-refractivity contribution >= 4 is 17.2 Å². The van der Waals surface area contributed by atoms with Gasteiger partial charge in [-0.05, 0) is 25.3 Å². The number of nitrogens with zero attached hydrogens (tertiary/aromatic N) is 3. The van der Waals surface area contributed by atoms with Crippen LogP contribution in [0.5, 0.6) is 0 Å². The topological polar surface area (TPSA) is 87.9 Å². The second kappa shape index (κ2) is 5.42. The first-order valence-electron chi connectivity index (χ1n) is 6.29. The Balaban J connectivity index is 1.84. The summed E-state index contributed by atoms with van der Waals surface area (Å²) < 4.78 is 10.7. The number of hydrogen-bond donors (Lipinski definition) is 1. The van der Waals surface area contributed by atoms with Gasteiger partial charge in [0.2, 0.25) is 17.5 Å². The van der Waals surface area contributed by atoms with Crippen LogP contribution in [-0.4, -0.2) is 10.1 Å². The van der Waals surface area contributed by atoms with Gasteiger partial charge in [-0.15, -0.1) is 11.3 Å². The normalized spacial score (nSPS) is 10.5. The molecule has 1 N–H and O–H groups in total. The smallest absolute Gasteiger partial charge is 0.240 e. The number of rotatable bonds is 4. The van der Waals surface area contributed by atoms with E-state index in [0.717, 1.165) is 21.9 Å². The summed E-state index contributed by atoms with van der Waals surface area (Å²) in [5, 5.41) is 18.1. The molecule has 7 heteroatoms. The Morgan fingerprint density at radius 2 is 2.29 bits per heavy atom. The molecule has 0 unspecified atom stereocenters. The highest BCUT2D eigenvalue weighted by Gasteiger charge is 2.16. The Morgan fingerprint density at radius 3 is 2.90 bits per heavy atom. The molecular weight excluding hydrogens is 288 g/mol. The van der Waals surface area contributed by atoms with Crippen molar-refractivity contribution in [1.29, 1.82) is 5.26 Å². The molecule has 0 saturated heterocycles. The minimum Gasteiger partial charge on any atom is -0.418 e. The summed E-state index contributed by atoms with van der Waals surface area (Å²) in [5.74, 6) is 1.56. The van der Waals surface area contributed by atoms with Crippen LogP contribution in [0.1, 0.15) is 22.7 Å². The van der Waals surface area contributed by atoms with Crippen LogP contribution >= 0.6 is 11.3 Å². The van der Waals surface area contributed by atoms with Gasteiger partial charge < -0.3 is 14.3 Å². The maximum atomic E-state index is 9.16. The standard InChI is InChI=1S/C14H12N4O2S/c1-8-10(9(2)20-18-8)7-16-13-11(6-15)17-14(19-13)12-4-3-5-21-12/h3-5,16H,7H2,1-2H3. The molecule has 106 valence electrons. The highest BCUT2D eigenvalue weighted by atomic mass is 32.1. The monoisotopic (exact) mass is 300 g/mol. The van der Waals surface area contributed by atoms with Gasteiger partial charge in [0, 0.05) is 12.1 Å². The van der Waals surface area contributed by atoms with Crippen LogP contribution in [0.25, 0.3) is 10.8 Å². The zero-order valence-corrected chi connectivity index (χ0v) is 12.3. The summed E-state index contributed by atoms with van der Waals surface area (Å²) >= 11 is 1.51. The van der Waals surface area contributed by atoms with Gasteiger partial charge in [0.05, 0.1) is 10.6 Å². The predicted octanol–water partition coefficient (Wildman–Crippen LogP) is 3.49. The van der Waals surface area contributed by atoms with E-state index in [9.17, 15) is 0 Å². The van der Waals surface area contributed by atoms with Crippen molar-refractivity contribution in [3.05, 3.63) is 40.2 Å². The van der Waals surface area contributed by atoms with Crippen LogP contribution in [0.3, 0.4) is 0 Å². The summed E-state index contributed by atoms with van der Waals surface area (Å²) in [4.78, 5) is 5.08. The molecule has 0 saturated carbocycles. The Bertz CT molecular complexity index is 776. The van der Waals surface area contributed by atoms with Crippen molar-refractivity contribution in [3.8, 4) is 16.8 Å². The SMILES string of the molecule is Cc1noc(C)c1CNc1oc(-c2cccs2)nc1C#N. The van der Waals surface area contributed by atoms with Crippen molar-refractivity contribution < 1.29 is 8.94 Å². The van der Waals surface area contributed by atoms with E-state index in [1.54, 1.807) is 0 Å². The third-order valence-corrected chi connectivity index (χ3v) is 3.93. The number of thiophene rings is 1. The van der Waals surface area contributed by atoms with E-state index in [1.807, 2.05) is 37.4 Å². The number of anilines is 1. The lowest BCUT2D eigenvalue weighted by atomic mass is 10.2. The first-order chi connectivity index (χ1) is 10.2. The van der Waals surface area contributed by atoms with E-state index in [4.69, 9.17) is 14.2 Å². The van der Waals surface area contributed by atoms with Gasteiger partial charge in [-0.25, -0.2) is 0 Å². The zero-order chi connectivity index (χ0) is 14.8. The molecular formula is C14H12N4O2S. The Labute approximate surface area is 125 Å². The second-order valence-electron chi connectivity index (χ2n) is 4.44. The summed E-state index contributed by atoms with van der Waals surface area (Å²) in [6.45, 7) is 4.19. The van der Waals surface area contributed by atoms with E-state index in [1.165, 1.54) is 11.3 Å². The van der Waals surface area contributed by atoms with Crippen LogP contribution in [-0.2, 0) is 6.54 Å². The summed E-state index contributed by atoms with van der Waals surface area (Å²) in [7, 11) is 0. The number of oxazole rings is 1. The zero-order valence-electron chi connectivity index (χ0n) is 11.5. The van der Waals surface area contributed by atoms with Gasteiger partial charge >= 0.3 is 0 Å². The number of nitriles is 1. The molecule has 0 aromatic carbocycles. The Kier molecular flexibility index (Phi) is 3.46. The number of nitrogens with one attached hydrogen (secondary N) is 1. The second-order valence-corrected chi connectivity index (χ2v) is 5.39. The lowest BCUT2D eigenvalue weighted by Crippen LogP contribution is -2.01. The van der Waals surface area contributed by atoms with Crippen LogP contribution in [0.4, 0.5) is 5.88 Å². The molecule has 0 amide bonds. The Morgan fingerprint density at radius 1 is 1.43 bits per heavy atom. The minimum atomic E-state index is 0.241. The summed E-state index contributed by atoms with van der Waals surface area (Å²) in [6, 6.07) is 5.84. The third kappa shape index (κ3) is 2.53. The molecule has 0 spiro atoms. The average Bonchev–Trinajstić information content (AvgIpc) is 3.18. The van der Waals surface area contributed by atoms with E-state index in [-0.39, 0.29) is 5.69 Å². The quantitative estimate of drug-likeness (QED) is 0.793. The van der Waals surface area contributed by atoms with Crippen LogP contribution in [0, 0.1) is 25.2 Å². The fraction of sp³-hybridized carbons (Fsp3) is 0.214. The Hall–Kier alpha value is -2.59. The fourth-order valence-electron chi connectivity index (χ4n) is 1.94. The highest BCUT2D eigenvalue weighted by molar-refractivity contribution is 7.13. The van der Waals surface area contributed by atoms with Crippen molar-refractivity contribution in [3.63, 3.8) is 0 Å². The fourth-order valence-corrected chi connectivity index (χ4v) is 2.59. The van der Waals surface area contributed by atoms with Gasteiger partial charge in [-0.3, -0.25) is 0 Å². The van der Waals surface area contributed by atoms with Gasteiger partial charge in [0.25, 0.3) is 0 Å². The molecule has 0 aliphatic carbocycles. The molecule has 0 radical (unpaired) electrons. The van der Waals surface area contributed by atoms with E-state index >= 15 is 0 Å². The van der Waals surface area contributed by atoms with Gasteiger partial charge in [0.15, 0.2) is 0 Å². The first-order valence-corrected chi connectivity index (χ1v) is 7.17. The molecule has 3 aromatic rings. The molecule has 6 nitrogen and oxygen atoms in total. The number of aryl methyl sites for hydroxylation is 2. The van der Waals surface area contributed by atoms with Crippen molar-refractivity contribution in [1.82, 2.24) is 10.1 Å². The van der Waals surface area contributed by atoms with Crippen LogP contribution < -0.4 is 5.32 Å². The molecule has 3 heterocycles. The van der Waals surface area contributed by atoms with Crippen LogP contribution in [0.2, 0.25) is 0 Å². The third-order valence-electron chi connectivity index (χ3n) is 3.07. The molecule has 3 aromatic heterocycles. The number of aromatic nitrogens is 2. The van der Waals surface area contributed by atoms with E-state index < -0.39 is 0 Å². The molecule has 0 aliphatic rings. The molecule has 21 heavy (non-hydrogen) atoms. The van der Waals surface area contributed by atoms with Crippen molar-refractivity contribution in [2.24, 2.45) is 0 Å². The molecule has 0 fully saturated rings. The first kappa shape index (κ1) is 13.4. The maximum absolute atomic E-state index is 9.16.